The molecule has 0 aliphatic rings. The van der Waals surface area contributed by atoms with Crippen LogP contribution in [0.25, 0.3) is 0 Å². The first-order chi connectivity index (χ1) is 6.39. The second kappa shape index (κ2) is 3.95. The Morgan fingerprint density at radius 1 is 1.29 bits per heavy atom. The van der Waals surface area contributed by atoms with Gasteiger partial charge in [-0.25, -0.2) is 0 Å². The maximum absolute atomic E-state index is 5.48. The highest BCUT2D eigenvalue weighted by Crippen LogP contribution is 2.23. The number of hydrogen-bond acceptors (Lipinski definition) is 3. The highest BCUT2D eigenvalue weighted by Gasteiger charge is 2.15. The van der Waals surface area contributed by atoms with E-state index in [1.165, 1.54) is 0 Å². The van der Waals surface area contributed by atoms with Crippen molar-refractivity contribution in [2.75, 3.05) is 0 Å². The van der Waals surface area contributed by atoms with Gasteiger partial charge in [-0.2, -0.15) is 5.10 Å². The van der Waals surface area contributed by atoms with Crippen LogP contribution < -0.4 is 4.74 Å². The minimum atomic E-state index is 0.0883. The van der Waals surface area contributed by atoms with Gasteiger partial charge in [0.1, 0.15) is 0 Å². The average molecular weight is 194 g/mol. The van der Waals surface area contributed by atoms with Gasteiger partial charge in [-0.3, -0.25) is 0 Å². The highest BCUT2D eigenvalue weighted by atomic mass is 16.5. The molecule has 0 radical (unpaired) electrons. The first-order valence-corrected chi connectivity index (χ1v) is 4.89. The smallest absolute Gasteiger partial charge is 0.233 e. The van der Waals surface area contributed by atoms with Crippen LogP contribution in [-0.2, 0) is 5.41 Å². The fraction of sp³-hybridized carbons (Fsp3) is 0.636. The molecule has 3 nitrogen and oxygen atoms in total. The first-order valence-electron chi connectivity index (χ1n) is 4.89. The predicted octanol–water partition coefficient (Wildman–Crippen LogP) is 2.56. The Hall–Kier alpha value is -1.12. The van der Waals surface area contributed by atoms with Gasteiger partial charge in [0.2, 0.25) is 5.88 Å². The Balaban J connectivity index is 2.90. The van der Waals surface area contributed by atoms with Crippen LogP contribution in [-0.4, -0.2) is 16.3 Å². The Bertz CT molecular complexity index is 302. The second-order valence-corrected chi connectivity index (χ2v) is 4.70. The third-order valence-corrected chi connectivity index (χ3v) is 1.85. The van der Waals surface area contributed by atoms with Gasteiger partial charge in [0.15, 0.2) is 0 Å². The van der Waals surface area contributed by atoms with Crippen molar-refractivity contribution in [3.8, 4) is 5.88 Å². The van der Waals surface area contributed by atoms with Gasteiger partial charge in [-0.1, -0.05) is 20.8 Å². The molecule has 0 aliphatic carbocycles. The van der Waals surface area contributed by atoms with Crippen molar-refractivity contribution >= 4 is 0 Å². The quantitative estimate of drug-likeness (QED) is 0.725. The number of rotatable bonds is 2. The minimum absolute atomic E-state index is 0.0883. The summed E-state index contributed by atoms with van der Waals surface area (Å²) in [4.78, 5) is 0. The molecular formula is C11H18N2O. The van der Waals surface area contributed by atoms with Crippen LogP contribution >= 0.6 is 0 Å². The molecule has 0 atom stereocenters. The van der Waals surface area contributed by atoms with Crippen LogP contribution in [0.1, 0.15) is 40.2 Å². The summed E-state index contributed by atoms with van der Waals surface area (Å²) in [5.74, 6) is 0.604. The fourth-order valence-electron chi connectivity index (χ4n) is 1.06. The van der Waals surface area contributed by atoms with E-state index >= 15 is 0 Å². The monoisotopic (exact) mass is 194 g/mol. The molecule has 78 valence electrons. The molecule has 0 aromatic carbocycles. The van der Waals surface area contributed by atoms with Crippen molar-refractivity contribution in [3.63, 3.8) is 0 Å². The summed E-state index contributed by atoms with van der Waals surface area (Å²) >= 11 is 0. The van der Waals surface area contributed by atoms with Crippen molar-refractivity contribution < 1.29 is 4.74 Å². The summed E-state index contributed by atoms with van der Waals surface area (Å²) in [6.45, 7) is 10.4. The van der Waals surface area contributed by atoms with Gasteiger partial charge in [0.05, 0.1) is 12.3 Å². The zero-order chi connectivity index (χ0) is 10.8. The molecule has 0 bridgehead atoms. The molecule has 3 heteroatoms. The maximum atomic E-state index is 5.48. The summed E-state index contributed by atoms with van der Waals surface area (Å²) in [6, 6.07) is 1.95. The molecule has 1 aromatic rings. The van der Waals surface area contributed by atoms with Crippen LogP contribution in [0.4, 0.5) is 0 Å². The molecule has 1 rings (SSSR count). The maximum Gasteiger partial charge on any atom is 0.233 e. The van der Waals surface area contributed by atoms with Gasteiger partial charge in [-0.15, -0.1) is 5.10 Å². The van der Waals surface area contributed by atoms with Crippen molar-refractivity contribution in [2.24, 2.45) is 0 Å². The second-order valence-electron chi connectivity index (χ2n) is 4.70. The van der Waals surface area contributed by atoms with Gasteiger partial charge in [0, 0.05) is 6.07 Å². The fourth-order valence-corrected chi connectivity index (χ4v) is 1.06. The van der Waals surface area contributed by atoms with E-state index in [-0.39, 0.29) is 11.5 Å². The van der Waals surface area contributed by atoms with Crippen LogP contribution in [0.15, 0.2) is 12.3 Å². The van der Waals surface area contributed by atoms with Crippen molar-refractivity contribution in [3.05, 3.63) is 17.8 Å². The number of aromatic nitrogens is 2. The molecule has 0 unspecified atom stereocenters. The van der Waals surface area contributed by atoms with E-state index in [1.807, 2.05) is 19.9 Å². The van der Waals surface area contributed by atoms with Crippen LogP contribution in [0.5, 0.6) is 5.88 Å². The Kier molecular flexibility index (Phi) is 3.09. The largest absolute Gasteiger partial charge is 0.474 e. The Labute approximate surface area is 85.5 Å². The van der Waals surface area contributed by atoms with Crippen molar-refractivity contribution in [1.29, 1.82) is 0 Å². The molecule has 0 saturated heterocycles. The SMILES string of the molecule is CC(C)Oc1cc(C(C)(C)C)cnn1. The summed E-state index contributed by atoms with van der Waals surface area (Å²) in [7, 11) is 0. The number of ether oxygens (including phenoxy) is 1. The zero-order valence-corrected chi connectivity index (χ0v) is 9.53. The zero-order valence-electron chi connectivity index (χ0n) is 9.53. The lowest BCUT2D eigenvalue weighted by Gasteiger charge is -2.18. The Morgan fingerprint density at radius 2 is 1.93 bits per heavy atom. The molecule has 1 heterocycles. The molecular weight excluding hydrogens is 176 g/mol. The lowest BCUT2D eigenvalue weighted by molar-refractivity contribution is 0.229. The molecule has 0 saturated carbocycles. The minimum Gasteiger partial charge on any atom is -0.474 e. The van der Waals surface area contributed by atoms with E-state index in [9.17, 15) is 0 Å². The lowest BCUT2D eigenvalue weighted by Crippen LogP contribution is -2.14. The molecule has 0 N–H and O–H groups in total. The van der Waals surface area contributed by atoms with E-state index in [1.54, 1.807) is 6.20 Å². The summed E-state index contributed by atoms with van der Waals surface area (Å²) in [6.07, 6.45) is 1.92. The number of nitrogens with zero attached hydrogens (tertiary/aromatic N) is 2. The molecule has 1 aromatic heterocycles. The molecule has 0 aliphatic heterocycles. The summed E-state index contributed by atoms with van der Waals surface area (Å²) in [5, 5.41) is 7.85. The summed E-state index contributed by atoms with van der Waals surface area (Å²) < 4.78 is 5.48. The van der Waals surface area contributed by atoms with Crippen LogP contribution in [0, 0.1) is 0 Å². The first kappa shape index (κ1) is 11.0. The average Bonchev–Trinajstić information content (AvgIpc) is 2.01. The summed E-state index contributed by atoms with van der Waals surface area (Å²) in [5.41, 5.74) is 1.23. The lowest BCUT2D eigenvalue weighted by atomic mass is 9.89. The molecule has 0 fully saturated rings. The number of hydrogen-bond donors (Lipinski definition) is 0. The van der Waals surface area contributed by atoms with E-state index in [4.69, 9.17) is 4.74 Å². The normalized spacial score (nSPS) is 11.9. The van der Waals surface area contributed by atoms with E-state index in [0.29, 0.717) is 5.88 Å². The van der Waals surface area contributed by atoms with E-state index in [2.05, 4.69) is 31.0 Å². The third-order valence-electron chi connectivity index (χ3n) is 1.85. The Morgan fingerprint density at radius 3 is 2.43 bits per heavy atom. The molecule has 0 amide bonds. The predicted molar refractivity (Wildman–Crippen MR) is 56.5 cm³/mol. The standard InChI is InChI=1S/C11H18N2O/c1-8(2)14-10-6-9(7-12-13-10)11(3,4)5/h6-8H,1-5H3. The topological polar surface area (TPSA) is 35.0 Å². The van der Waals surface area contributed by atoms with Crippen molar-refractivity contribution in [1.82, 2.24) is 10.2 Å². The molecule has 14 heavy (non-hydrogen) atoms. The highest BCUT2D eigenvalue weighted by molar-refractivity contribution is 5.23. The van der Waals surface area contributed by atoms with Gasteiger partial charge < -0.3 is 4.74 Å². The molecule has 0 spiro atoms. The van der Waals surface area contributed by atoms with Gasteiger partial charge in [-0.05, 0) is 24.8 Å². The van der Waals surface area contributed by atoms with E-state index in [0.717, 1.165) is 5.56 Å². The van der Waals surface area contributed by atoms with E-state index < -0.39 is 0 Å². The van der Waals surface area contributed by atoms with Crippen molar-refractivity contribution in [2.45, 2.75) is 46.1 Å². The van der Waals surface area contributed by atoms with Crippen LogP contribution in [0.2, 0.25) is 0 Å². The third kappa shape index (κ3) is 2.98. The van der Waals surface area contributed by atoms with Crippen LogP contribution in [0.3, 0.4) is 0 Å². The van der Waals surface area contributed by atoms with Gasteiger partial charge >= 0.3 is 0 Å². The van der Waals surface area contributed by atoms with Gasteiger partial charge in [0.25, 0.3) is 0 Å².